The van der Waals surface area contributed by atoms with Crippen LogP contribution in [-0.4, -0.2) is 32.2 Å². The minimum absolute atomic E-state index is 0.571. The highest BCUT2D eigenvalue weighted by Crippen LogP contribution is 1.92. The normalized spacial score (nSPS) is 12.1. The summed E-state index contributed by atoms with van der Waals surface area (Å²) >= 11 is 10.9. The highest BCUT2D eigenvalue weighted by atomic mass is 35.5. The molecule has 0 radical (unpaired) electrons. The average Bonchev–Trinajstić information content (AvgIpc) is 2.16. The molecule has 0 saturated carbocycles. The fourth-order valence-electron chi connectivity index (χ4n) is 0.780. The summed E-state index contributed by atoms with van der Waals surface area (Å²) in [6.45, 7) is 5.19. The SMILES string of the molecule is CC(=CCl)CNCCCOCCCl. The summed E-state index contributed by atoms with van der Waals surface area (Å²) in [7, 11) is 0. The van der Waals surface area contributed by atoms with Gasteiger partial charge in [0.25, 0.3) is 0 Å². The Bertz CT molecular complexity index is 140. The maximum Gasteiger partial charge on any atom is 0.0601 e. The van der Waals surface area contributed by atoms with Crippen molar-refractivity contribution in [1.82, 2.24) is 5.32 Å². The molecule has 1 N–H and O–H groups in total. The van der Waals surface area contributed by atoms with Gasteiger partial charge < -0.3 is 10.1 Å². The number of hydrogen-bond acceptors (Lipinski definition) is 2. The van der Waals surface area contributed by atoms with Crippen LogP contribution in [0.3, 0.4) is 0 Å². The van der Waals surface area contributed by atoms with Crippen molar-refractivity contribution in [2.24, 2.45) is 0 Å². The molecule has 0 heterocycles. The lowest BCUT2D eigenvalue weighted by atomic mass is 10.3. The Hall–Kier alpha value is 0.240. The maximum absolute atomic E-state index is 5.49. The molecule has 0 bridgehead atoms. The van der Waals surface area contributed by atoms with Crippen LogP contribution >= 0.6 is 23.2 Å². The number of alkyl halides is 1. The molecule has 0 aromatic rings. The van der Waals surface area contributed by atoms with Crippen LogP contribution in [0.25, 0.3) is 0 Å². The van der Waals surface area contributed by atoms with E-state index >= 15 is 0 Å². The molecule has 0 aromatic heterocycles. The predicted octanol–water partition coefficient (Wildman–Crippen LogP) is 2.36. The Morgan fingerprint density at radius 3 is 2.85 bits per heavy atom. The van der Waals surface area contributed by atoms with Crippen LogP contribution in [0.2, 0.25) is 0 Å². The number of rotatable bonds is 8. The van der Waals surface area contributed by atoms with E-state index in [0.29, 0.717) is 12.5 Å². The molecule has 78 valence electrons. The van der Waals surface area contributed by atoms with E-state index in [9.17, 15) is 0 Å². The van der Waals surface area contributed by atoms with Crippen molar-refractivity contribution in [2.45, 2.75) is 13.3 Å². The van der Waals surface area contributed by atoms with Crippen LogP contribution < -0.4 is 5.32 Å². The maximum atomic E-state index is 5.49. The highest BCUT2D eigenvalue weighted by Gasteiger charge is 1.90. The van der Waals surface area contributed by atoms with E-state index in [1.807, 2.05) is 6.92 Å². The Labute approximate surface area is 90.2 Å². The topological polar surface area (TPSA) is 21.3 Å². The summed E-state index contributed by atoms with van der Waals surface area (Å²) in [4.78, 5) is 0. The summed E-state index contributed by atoms with van der Waals surface area (Å²) in [6.07, 6.45) is 1.01. The molecular formula is C9H17Cl2NO. The first-order valence-corrected chi connectivity index (χ1v) is 5.38. The van der Waals surface area contributed by atoms with Crippen LogP contribution in [0.5, 0.6) is 0 Å². The van der Waals surface area contributed by atoms with E-state index in [-0.39, 0.29) is 0 Å². The lowest BCUT2D eigenvalue weighted by Crippen LogP contribution is -2.18. The third kappa shape index (κ3) is 10.2. The summed E-state index contributed by atoms with van der Waals surface area (Å²) in [5.74, 6) is 0.571. The van der Waals surface area contributed by atoms with Gasteiger partial charge in [0.1, 0.15) is 0 Å². The second-order valence-corrected chi connectivity index (χ2v) is 3.38. The zero-order chi connectivity index (χ0) is 9.94. The van der Waals surface area contributed by atoms with Crippen molar-refractivity contribution in [3.63, 3.8) is 0 Å². The zero-order valence-electron chi connectivity index (χ0n) is 7.98. The molecule has 0 aliphatic heterocycles. The zero-order valence-corrected chi connectivity index (χ0v) is 9.50. The van der Waals surface area contributed by atoms with Gasteiger partial charge in [0.15, 0.2) is 0 Å². The molecular weight excluding hydrogens is 209 g/mol. The molecule has 0 amide bonds. The fraction of sp³-hybridized carbons (Fsp3) is 0.778. The van der Waals surface area contributed by atoms with Crippen LogP contribution in [0, 0.1) is 0 Å². The molecule has 0 aliphatic carbocycles. The van der Waals surface area contributed by atoms with Crippen LogP contribution in [0.4, 0.5) is 0 Å². The van der Waals surface area contributed by atoms with Crippen molar-refractivity contribution in [2.75, 3.05) is 32.2 Å². The van der Waals surface area contributed by atoms with E-state index in [0.717, 1.165) is 31.7 Å². The molecule has 0 aromatic carbocycles. The van der Waals surface area contributed by atoms with Crippen molar-refractivity contribution >= 4 is 23.2 Å². The highest BCUT2D eigenvalue weighted by molar-refractivity contribution is 6.25. The summed E-state index contributed by atoms with van der Waals surface area (Å²) < 4.78 is 5.20. The van der Waals surface area contributed by atoms with Gasteiger partial charge in [-0.25, -0.2) is 0 Å². The Morgan fingerprint density at radius 1 is 1.46 bits per heavy atom. The van der Waals surface area contributed by atoms with E-state index in [4.69, 9.17) is 27.9 Å². The molecule has 2 nitrogen and oxygen atoms in total. The number of nitrogens with one attached hydrogen (secondary N) is 1. The van der Waals surface area contributed by atoms with Crippen molar-refractivity contribution < 1.29 is 4.74 Å². The third-order valence-electron chi connectivity index (χ3n) is 1.45. The van der Waals surface area contributed by atoms with Gasteiger partial charge in [0, 0.05) is 24.6 Å². The predicted molar refractivity (Wildman–Crippen MR) is 58.6 cm³/mol. The first kappa shape index (κ1) is 13.2. The molecule has 0 atom stereocenters. The van der Waals surface area contributed by atoms with E-state index in [1.165, 1.54) is 0 Å². The van der Waals surface area contributed by atoms with Gasteiger partial charge in [-0.15, -0.1) is 11.6 Å². The Balaban J connectivity index is 3.00. The minimum atomic E-state index is 0.571. The Kier molecular flexibility index (Phi) is 10.5. The molecule has 0 spiro atoms. The largest absolute Gasteiger partial charge is 0.380 e. The van der Waals surface area contributed by atoms with Gasteiger partial charge >= 0.3 is 0 Å². The van der Waals surface area contributed by atoms with Crippen molar-refractivity contribution in [3.05, 3.63) is 11.1 Å². The van der Waals surface area contributed by atoms with Crippen LogP contribution in [-0.2, 0) is 4.74 Å². The van der Waals surface area contributed by atoms with E-state index in [2.05, 4.69) is 5.32 Å². The first-order valence-electron chi connectivity index (χ1n) is 4.41. The molecule has 0 rings (SSSR count). The van der Waals surface area contributed by atoms with Gasteiger partial charge in [-0.2, -0.15) is 0 Å². The summed E-state index contributed by atoms with van der Waals surface area (Å²) in [6, 6.07) is 0. The van der Waals surface area contributed by atoms with Crippen molar-refractivity contribution in [3.8, 4) is 0 Å². The molecule has 0 unspecified atom stereocenters. The molecule has 0 fully saturated rings. The van der Waals surface area contributed by atoms with E-state index in [1.54, 1.807) is 5.54 Å². The lowest BCUT2D eigenvalue weighted by Gasteiger charge is -2.04. The van der Waals surface area contributed by atoms with Gasteiger partial charge in [-0.3, -0.25) is 0 Å². The smallest absolute Gasteiger partial charge is 0.0601 e. The molecule has 4 heteroatoms. The number of halogens is 2. The molecule has 0 aliphatic rings. The second-order valence-electron chi connectivity index (χ2n) is 2.79. The quantitative estimate of drug-likeness (QED) is 0.506. The second kappa shape index (κ2) is 10.3. The van der Waals surface area contributed by atoms with Gasteiger partial charge in [-0.1, -0.05) is 11.6 Å². The summed E-state index contributed by atoms with van der Waals surface area (Å²) in [5, 5.41) is 3.25. The number of ether oxygens (including phenoxy) is 1. The monoisotopic (exact) mass is 225 g/mol. The average molecular weight is 226 g/mol. The molecule has 13 heavy (non-hydrogen) atoms. The fourth-order valence-corrected chi connectivity index (χ4v) is 0.966. The Morgan fingerprint density at radius 2 is 2.23 bits per heavy atom. The first-order chi connectivity index (χ1) is 6.31. The van der Waals surface area contributed by atoms with Crippen molar-refractivity contribution in [1.29, 1.82) is 0 Å². The minimum Gasteiger partial charge on any atom is -0.380 e. The van der Waals surface area contributed by atoms with Gasteiger partial charge in [0.05, 0.1) is 6.61 Å². The van der Waals surface area contributed by atoms with Crippen LogP contribution in [0.1, 0.15) is 13.3 Å². The van der Waals surface area contributed by atoms with Gasteiger partial charge in [0.2, 0.25) is 0 Å². The number of hydrogen-bond donors (Lipinski definition) is 1. The lowest BCUT2D eigenvalue weighted by molar-refractivity contribution is 0.146. The van der Waals surface area contributed by atoms with Crippen LogP contribution in [0.15, 0.2) is 11.1 Å². The standard InChI is InChI=1S/C9H17Cl2NO/c1-9(7-11)8-12-4-2-5-13-6-3-10/h7,12H,2-6,8H2,1H3. The van der Waals surface area contributed by atoms with E-state index < -0.39 is 0 Å². The third-order valence-corrected chi connectivity index (χ3v) is 1.98. The molecule has 0 saturated heterocycles. The summed E-state index contributed by atoms with van der Waals surface area (Å²) in [5.41, 5.74) is 2.74. The van der Waals surface area contributed by atoms with Gasteiger partial charge in [-0.05, 0) is 25.5 Å².